The molecule has 1 aliphatic heterocycles. The van der Waals surface area contributed by atoms with Crippen molar-refractivity contribution in [2.75, 3.05) is 13.7 Å². The number of rotatable bonds is 4. The molecular formula is C16H21O5P. The largest absolute Gasteiger partial charge is 0.466 e. The minimum absolute atomic E-state index is 0.289. The first-order valence-corrected chi connectivity index (χ1v) is 8.74. The van der Waals surface area contributed by atoms with E-state index in [9.17, 15) is 9.36 Å². The van der Waals surface area contributed by atoms with Crippen LogP contribution in [0.25, 0.3) is 0 Å². The molecule has 0 saturated carbocycles. The molecule has 0 aromatic heterocycles. The minimum Gasteiger partial charge on any atom is -0.466 e. The molecule has 0 aliphatic carbocycles. The molecule has 0 fully saturated rings. The smallest absolute Gasteiger partial charge is 0.362 e. The lowest BCUT2D eigenvalue weighted by molar-refractivity contribution is -0.134. The Morgan fingerprint density at radius 3 is 2.82 bits per heavy atom. The second-order valence-corrected chi connectivity index (χ2v) is 7.07. The summed E-state index contributed by atoms with van der Waals surface area (Å²) in [5.74, 6) is -0.472. The molecule has 0 spiro atoms. The summed E-state index contributed by atoms with van der Waals surface area (Å²) in [5.41, 5.74) is 2.92. The Labute approximate surface area is 130 Å². The molecule has 0 N–H and O–H groups in total. The SMILES string of the molecule is CCOP1(=O)OC(/C=C/C(=O)OC)Cc2ccc(C)c(C)c21. The second-order valence-electron chi connectivity index (χ2n) is 5.16. The van der Waals surface area contributed by atoms with Gasteiger partial charge in [0.25, 0.3) is 0 Å². The molecular weight excluding hydrogens is 303 g/mol. The van der Waals surface area contributed by atoms with Crippen molar-refractivity contribution in [3.8, 4) is 0 Å². The van der Waals surface area contributed by atoms with Crippen LogP contribution in [0.4, 0.5) is 0 Å². The van der Waals surface area contributed by atoms with Crippen molar-refractivity contribution >= 4 is 18.9 Å². The summed E-state index contributed by atoms with van der Waals surface area (Å²) >= 11 is 0. The molecule has 0 saturated heterocycles. The first-order chi connectivity index (χ1) is 10.4. The molecule has 22 heavy (non-hydrogen) atoms. The first kappa shape index (κ1) is 16.9. The number of ether oxygens (including phenoxy) is 1. The maximum Gasteiger partial charge on any atom is 0.362 e. The Morgan fingerprint density at radius 2 is 2.18 bits per heavy atom. The van der Waals surface area contributed by atoms with E-state index in [1.807, 2.05) is 26.0 Å². The van der Waals surface area contributed by atoms with Crippen molar-refractivity contribution in [1.29, 1.82) is 0 Å². The van der Waals surface area contributed by atoms with Crippen molar-refractivity contribution in [2.24, 2.45) is 0 Å². The van der Waals surface area contributed by atoms with Gasteiger partial charge in [0.2, 0.25) is 0 Å². The van der Waals surface area contributed by atoms with Gasteiger partial charge in [0.05, 0.1) is 25.1 Å². The van der Waals surface area contributed by atoms with Gasteiger partial charge >= 0.3 is 13.6 Å². The first-order valence-electron chi connectivity index (χ1n) is 7.20. The maximum absolute atomic E-state index is 13.2. The fourth-order valence-electron chi connectivity index (χ4n) is 2.51. The van der Waals surface area contributed by atoms with Gasteiger partial charge in [-0.15, -0.1) is 0 Å². The van der Waals surface area contributed by atoms with Gasteiger partial charge in [0.1, 0.15) is 0 Å². The van der Waals surface area contributed by atoms with E-state index in [0.717, 1.165) is 16.7 Å². The molecule has 1 aliphatic rings. The number of methoxy groups -OCH3 is 1. The highest BCUT2D eigenvalue weighted by Crippen LogP contribution is 2.53. The highest BCUT2D eigenvalue weighted by atomic mass is 31.2. The lowest BCUT2D eigenvalue weighted by atomic mass is 10.0. The fourth-order valence-corrected chi connectivity index (χ4v) is 4.75. The lowest BCUT2D eigenvalue weighted by Crippen LogP contribution is -2.30. The van der Waals surface area contributed by atoms with Gasteiger partial charge in [0, 0.05) is 12.5 Å². The van der Waals surface area contributed by atoms with Crippen LogP contribution in [0.1, 0.15) is 23.6 Å². The maximum atomic E-state index is 13.2. The molecule has 0 radical (unpaired) electrons. The molecule has 2 atom stereocenters. The number of carbonyl (C=O) groups excluding carboxylic acids is 1. The van der Waals surface area contributed by atoms with Gasteiger partial charge in [-0.2, -0.15) is 0 Å². The highest BCUT2D eigenvalue weighted by Gasteiger charge is 2.39. The number of hydrogen-bond acceptors (Lipinski definition) is 5. The van der Waals surface area contributed by atoms with E-state index in [-0.39, 0.29) is 6.61 Å². The van der Waals surface area contributed by atoms with Gasteiger partial charge < -0.3 is 9.26 Å². The van der Waals surface area contributed by atoms with Gasteiger partial charge in [-0.05, 0) is 43.5 Å². The summed E-state index contributed by atoms with van der Waals surface area (Å²) in [6.07, 6.45) is 2.91. The van der Waals surface area contributed by atoms with E-state index >= 15 is 0 Å². The van der Waals surface area contributed by atoms with Crippen LogP contribution in [0, 0.1) is 13.8 Å². The van der Waals surface area contributed by atoms with Crippen LogP contribution < -0.4 is 5.30 Å². The standard InChI is InChI=1S/C16H21O5P/c1-5-20-22(18)16-12(3)11(2)6-7-13(16)10-14(21-22)8-9-15(17)19-4/h6-9,14H,5,10H2,1-4H3/b9-8+. The third-order valence-corrected chi connectivity index (χ3v) is 6.02. The molecule has 6 heteroatoms. The van der Waals surface area contributed by atoms with Gasteiger partial charge in [-0.3, -0.25) is 9.09 Å². The van der Waals surface area contributed by atoms with Crippen molar-refractivity contribution < 1.29 is 23.1 Å². The van der Waals surface area contributed by atoms with E-state index < -0.39 is 19.7 Å². The van der Waals surface area contributed by atoms with Gasteiger partial charge in [-0.1, -0.05) is 12.1 Å². The van der Waals surface area contributed by atoms with Crippen molar-refractivity contribution in [1.82, 2.24) is 0 Å². The number of fused-ring (bicyclic) bond motifs is 1. The quantitative estimate of drug-likeness (QED) is 0.484. The molecule has 120 valence electrons. The van der Waals surface area contributed by atoms with Crippen LogP contribution in [0.2, 0.25) is 0 Å². The van der Waals surface area contributed by atoms with Crippen molar-refractivity contribution in [2.45, 2.75) is 33.3 Å². The number of esters is 1. The second kappa shape index (κ2) is 6.78. The van der Waals surface area contributed by atoms with E-state index in [0.29, 0.717) is 11.7 Å². The fraction of sp³-hybridized carbons (Fsp3) is 0.438. The summed E-state index contributed by atoms with van der Waals surface area (Å²) in [5, 5.41) is 0.664. The molecule has 5 nitrogen and oxygen atoms in total. The topological polar surface area (TPSA) is 61.8 Å². The molecule has 0 bridgehead atoms. The van der Waals surface area contributed by atoms with Gasteiger partial charge in [-0.25, -0.2) is 4.79 Å². The lowest BCUT2D eigenvalue weighted by Gasteiger charge is -2.31. The van der Waals surface area contributed by atoms with E-state index in [1.165, 1.54) is 13.2 Å². The number of carbonyl (C=O) groups is 1. The average molecular weight is 324 g/mol. The zero-order valence-corrected chi connectivity index (χ0v) is 14.2. The number of aryl methyl sites for hydroxylation is 1. The van der Waals surface area contributed by atoms with E-state index in [4.69, 9.17) is 9.05 Å². The summed E-state index contributed by atoms with van der Waals surface area (Å²) in [6, 6.07) is 3.95. The monoisotopic (exact) mass is 324 g/mol. The molecule has 2 unspecified atom stereocenters. The zero-order chi connectivity index (χ0) is 16.3. The summed E-state index contributed by atoms with van der Waals surface area (Å²) in [7, 11) is -2.09. The number of hydrogen-bond donors (Lipinski definition) is 0. The predicted octanol–water partition coefficient (Wildman–Crippen LogP) is 2.83. The van der Waals surface area contributed by atoms with Crippen LogP contribution >= 0.6 is 7.60 Å². The molecule has 0 amide bonds. The van der Waals surface area contributed by atoms with Crippen molar-refractivity contribution in [3.63, 3.8) is 0 Å². The Kier molecular flexibility index (Phi) is 5.22. The molecule has 2 rings (SSSR count). The molecule has 1 aromatic carbocycles. The third-order valence-electron chi connectivity index (χ3n) is 3.70. The van der Waals surface area contributed by atoms with Crippen LogP contribution in [0.15, 0.2) is 24.3 Å². The molecule has 1 heterocycles. The predicted molar refractivity (Wildman–Crippen MR) is 84.5 cm³/mol. The van der Waals surface area contributed by atoms with E-state index in [2.05, 4.69) is 4.74 Å². The Balaban J connectivity index is 2.43. The minimum atomic E-state index is -3.40. The van der Waals surface area contributed by atoms with Crippen molar-refractivity contribution in [3.05, 3.63) is 41.0 Å². The normalized spacial score (nSPS) is 24.3. The zero-order valence-electron chi connectivity index (χ0n) is 13.3. The van der Waals surface area contributed by atoms with Crippen LogP contribution in [0.3, 0.4) is 0 Å². The average Bonchev–Trinajstić information content (AvgIpc) is 2.48. The Bertz CT molecular complexity index is 650. The third kappa shape index (κ3) is 3.32. The summed E-state index contributed by atoms with van der Waals surface area (Å²) in [6.45, 7) is 5.96. The summed E-state index contributed by atoms with van der Waals surface area (Å²) < 4.78 is 28.9. The van der Waals surface area contributed by atoms with Crippen LogP contribution in [-0.2, 0) is 29.6 Å². The number of benzene rings is 1. The summed E-state index contributed by atoms with van der Waals surface area (Å²) in [4.78, 5) is 11.2. The van der Waals surface area contributed by atoms with Gasteiger partial charge in [0.15, 0.2) is 0 Å². The van der Waals surface area contributed by atoms with Crippen LogP contribution in [-0.4, -0.2) is 25.8 Å². The highest BCUT2D eigenvalue weighted by molar-refractivity contribution is 7.62. The van der Waals surface area contributed by atoms with Crippen LogP contribution in [0.5, 0.6) is 0 Å². The Morgan fingerprint density at radius 1 is 1.45 bits per heavy atom. The molecule has 1 aromatic rings. The Hall–Kier alpha value is -1.42. The van der Waals surface area contributed by atoms with E-state index in [1.54, 1.807) is 13.0 Å².